The summed E-state index contributed by atoms with van der Waals surface area (Å²) in [5.74, 6) is 0.779. The van der Waals surface area contributed by atoms with Gasteiger partial charge in [-0.3, -0.25) is 4.79 Å². The van der Waals surface area contributed by atoms with Crippen molar-refractivity contribution < 1.29 is 14.3 Å². The zero-order valence-corrected chi connectivity index (χ0v) is 14.8. The Kier molecular flexibility index (Phi) is 6.13. The van der Waals surface area contributed by atoms with Gasteiger partial charge in [0.15, 0.2) is 18.1 Å². The number of hydrogen-bond donors (Lipinski definition) is 1. The van der Waals surface area contributed by atoms with Crippen molar-refractivity contribution in [1.82, 2.24) is 14.9 Å². The smallest absolute Gasteiger partial charge is 0.262 e. The fourth-order valence-electron chi connectivity index (χ4n) is 2.24. The Balaban J connectivity index is 1.64. The average molecular weight is 365 g/mol. The van der Waals surface area contributed by atoms with Gasteiger partial charge in [-0.25, -0.2) is 4.68 Å². The number of carbonyl (C=O) groups excluding carboxylic acids is 1. The van der Waals surface area contributed by atoms with Gasteiger partial charge in [0.2, 0.25) is 0 Å². The van der Waals surface area contributed by atoms with Crippen LogP contribution in [0.25, 0.3) is 0 Å². The summed E-state index contributed by atoms with van der Waals surface area (Å²) in [7, 11) is 0. The molecule has 27 heavy (non-hydrogen) atoms. The Labute approximate surface area is 156 Å². The van der Waals surface area contributed by atoms with Crippen molar-refractivity contribution in [2.24, 2.45) is 5.10 Å². The van der Waals surface area contributed by atoms with E-state index >= 15 is 0 Å². The quantitative estimate of drug-likeness (QED) is 0.620. The molecule has 8 nitrogen and oxygen atoms in total. The molecule has 0 bridgehead atoms. The number of amides is 1. The van der Waals surface area contributed by atoms with Crippen molar-refractivity contribution in [2.45, 2.75) is 6.92 Å². The molecule has 1 aromatic heterocycles. The van der Waals surface area contributed by atoms with Crippen molar-refractivity contribution in [2.75, 3.05) is 18.5 Å². The maximum atomic E-state index is 12.0. The molecule has 2 aromatic carbocycles. The summed E-state index contributed by atoms with van der Waals surface area (Å²) in [6, 6.07) is 14.6. The molecule has 0 fully saturated rings. The van der Waals surface area contributed by atoms with Gasteiger partial charge in [0.05, 0.1) is 12.8 Å². The fourth-order valence-corrected chi connectivity index (χ4v) is 2.24. The molecule has 0 spiro atoms. The summed E-state index contributed by atoms with van der Waals surface area (Å²) in [5, 5.41) is 14.3. The van der Waals surface area contributed by atoms with Crippen LogP contribution in [-0.4, -0.2) is 40.2 Å². The molecule has 8 heteroatoms. The predicted molar refractivity (Wildman–Crippen MR) is 101 cm³/mol. The second kappa shape index (κ2) is 9.14. The molecule has 1 heterocycles. The Bertz CT molecular complexity index is 895. The SMILES string of the molecule is CCOc1cc(/C=N\n2cnnc2)ccc1OCC(=O)Nc1ccccc1. The molecule has 1 N–H and O–H groups in total. The van der Waals surface area contributed by atoms with E-state index < -0.39 is 0 Å². The van der Waals surface area contributed by atoms with E-state index in [0.29, 0.717) is 18.1 Å². The Morgan fingerprint density at radius 1 is 1.11 bits per heavy atom. The summed E-state index contributed by atoms with van der Waals surface area (Å²) in [6.45, 7) is 2.23. The largest absolute Gasteiger partial charge is 0.490 e. The normalized spacial score (nSPS) is 10.7. The predicted octanol–water partition coefficient (Wildman–Crippen LogP) is 2.58. The molecule has 0 atom stereocenters. The molecule has 3 aromatic rings. The third kappa shape index (κ3) is 5.40. The zero-order valence-electron chi connectivity index (χ0n) is 14.8. The van der Waals surface area contributed by atoms with Crippen LogP contribution in [0.4, 0.5) is 5.69 Å². The lowest BCUT2D eigenvalue weighted by Gasteiger charge is -2.12. The van der Waals surface area contributed by atoms with Crippen LogP contribution in [0.15, 0.2) is 66.3 Å². The third-order valence-electron chi connectivity index (χ3n) is 3.43. The van der Waals surface area contributed by atoms with E-state index in [-0.39, 0.29) is 12.5 Å². The monoisotopic (exact) mass is 365 g/mol. The minimum absolute atomic E-state index is 0.122. The molecule has 0 unspecified atom stereocenters. The van der Waals surface area contributed by atoms with Crippen LogP contribution in [0.1, 0.15) is 12.5 Å². The molecule has 0 aliphatic rings. The number of ether oxygens (including phenoxy) is 2. The second-order valence-electron chi connectivity index (χ2n) is 5.43. The van der Waals surface area contributed by atoms with Gasteiger partial charge in [-0.05, 0) is 42.8 Å². The standard InChI is InChI=1S/C19H19N5O3/c1-2-26-18-10-15(11-22-24-13-20-21-14-24)8-9-17(18)27-12-19(25)23-16-6-4-3-5-7-16/h3-11,13-14H,2,12H2,1H3,(H,23,25)/b22-11-. The van der Waals surface area contributed by atoms with Crippen molar-refractivity contribution in [3.05, 3.63) is 66.7 Å². The van der Waals surface area contributed by atoms with Crippen LogP contribution in [0.3, 0.4) is 0 Å². The minimum atomic E-state index is -0.248. The van der Waals surface area contributed by atoms with Gasteiger partial charge >= 0.3 is 0 Å². The van der Waals surface area contributed by atoms with Crippen LogP contribution < -0.4 is 14.8 Å². The zero-order chi connectivity index (χ0) is 18.9. The maximum absolute atomic E-state index is 12.0. The maximum Gasteiger partial charge on any atom is 0.262 e. The highest BCUT2D eigenvalue weighted by atomic mass is 16.5. The average Bonchev–Trinajstić information content (AvgIpc) is 3.20. The molecule has 0 saturated carbocycles. The van der Waals surface area contributed by atoms with E-state index in [1.54, 1.807) is 18.3 Å². The molecule has 0 radical (unpaired) electrons. The van der Waals surface area contributed by atoms with Crippen LogP contribution >= 0.6 is 0 Å². The van der Waals surface area contributed by atoms with Crippen LogP contribution in [0.2, 0.25) is 0 Å². The number of nitrogens with zero attached hydrogens (tertiary/aromatic N) is 4. The molecule has 138 valence electrons. The number of hydrogen-bond acceptors (Lipinski definition) is 6. The Hall–Kier alpha value is -3.68. The lowest BCUT2D eigenvalue weighted by molar-refractivity contribution is -0.118. The summed E-state index contributed by atoms with van der Waals surface area (Å²) in [4.78, 5) is 12.0. The first-order chi connectivity index (χ1) is 13.2. The van der Waals surface area contributed by atoms with E-state index in [2.05, 4.69) is 20.6 Å². The highest BCUT2D eigenvalue weighted by molar-refractivity contribution is 5.91. The lowest BCUT2D eigenvalue weighted by Crippen LogP contribution is -2.20. The minimum Gasteiger partial charge on any atom is -0.490 e. The van der Waals surface area contributed by atoms with E-state index in [9.17, 15) is 4.79 Å². The summed E-state index contributed by atoms with van der Waals surface area (Å²) < 4.78 is 12.7. The first-order valence-electron chi connectivity index (χ1n) is 8.38. The van der Waals surface area contributed by atoms with Gasteiger partial charge in [-0.1, -0.05) is 18.2 Å². The summed E-state index contributed by atoms with van der Waals surface area (Å²) in [5.41, 5.74) is 1.53. The molecule has 0 aliphatic heterocycles. The molecule has 0 aliphatic carbocycles. The number of rotatable bonds is 8. The van der Waals surface area contributed by atoms with E-state index in [4.69, 9.17) is 9.47 Å². The number of carbonyl (C=O) groups is 1. The van der Waals surface area contributed by atoms with Crippen LogP contribution in [-0.2, 0) is 4.79 Å². The van der Waals surface area contributed by atoms with E-state index in [1.165, 1.54) is 17.3 Å². The molecular formula is C19H19N5O3. The second-order valence-corrected chi connectivity index (χ2v) is 5.43. The fraction of sp³-hybridized carbons (Fsp3) is 0.158. The summed E-state index contributed by atoms with van der Waals surface area (Å²) in [6.07, 6.45) is 4.63. The van der Waals surface area contributed by atoms with Crippen molar-refractivity contribution in [1.29, 1.82) is 0 Å². The highest BCUT2D eigenvalue weighted by Crippen LogP contribution is 2.28. The van der Waals surface area contributed by atoms with Gasteiger partial charge in [0, 0.05) is 5.69 Å². The van der Waals surface area contributed by atoms with Gasteiger partial charge < -0.3 is 14.8 Å². The van der Waals surface area contributed by atoms with Gasteiger partial charge in [-0.15, -0.1) is 10.2 Å². The van der Waals surface area contributed by atoms with Crippen LogP contribution in [0, 0.1) is 0 Å². The molecule has 1 amide bonds. The van der Waals surface area contributed by atoms with Crippen molar-refractivity contribution in [3.63, 3.8) is 0 Å². The van der Waals surface area contributed by atoms with Crippen molar-refractivity contribution >= 4 is 17.8 Å². The third-order valence-corrected chi connectivity index (χ3v) is 3.43. The lowest BCUT2D eigenvalue weighted by atomic mass is 10.2. The van der Waals surface area contributed by atoms with Crippen molar-refractivity contribution in [3.8, 4) is 11.5 Å². The Morgan fingerprint density at radius 2 is 1.89 bits per heavy atom. The van der Waals surface area contributed by atoms with Gasteiger partial charge in [0.1, 0.15) is 12.7 Å². The molecular weight excluding hydrogens is 346 g/mol. The number of anilines is 1. The number of para-hydroxylation sites is 1. The van der Waals surface area contributed by atoms with Crippen LogP contribution in [0.5, 0.6) is 11.5 Å². The number of aromatic nitrogens is 3. The Morgan fingerprint density at radius 3 is 2.63 bits per heavy atom. The van der Waals surface area contributed by atoms with E-state index in [0.717, 1.165) is 11.3 Å². The first-order valence-corrected chi connectivity index (χ1v) is 8.38. The number of benzene rings is 2. The number of nitrogens with one attached hydrogen (secondary N) is 1. The highest BCUT2D eigenvalue weighted by Gasteiger charge is 2.09. The topological polar surface area (TPSA) is 90.6 Å². The molecule has 3 rings (SSSR count). The van der Waals surface area contributed by atoms with E-state index in [1.807, 2.05) is 43.3 Å². The molecule has 0 saturated heterocycles. The van der Waals surface area contributed by atoms with Gasteiger partial charge in [0.25, 0.3) is 5.91 Å². The summed E-state index contributed by atoms with van der Waals surface area (Å²) >= 11 is 0. The van der Waals surface area contributed by atoms with Gasteiger partial charge in [-0.2, -0.15) is 5.10 Å². The first kappa shape index (κ1) is 18.1.